The van der Waals surface area contributed by atoms with Crippen LogP contribution in [0.3, 0.4) is 0 Å². The van der Waals surface area contributed by atoms with Gasteiger partial charge in [-0.15, -0.1) is 0 Å². The van der Waals surface area contributed by atoms with Crippen molar-refractivity contribution in [2.24, 2.45) is 0 Å². The van der Waals surface area contributed by atoms with Crippen LogP contribution in [0.1, 0.15) is 26.3 Å². The lowest BCUT2D eigenvalue weighted by atomic mass is 9.93. The lowest BCUT2D eigenvalue weighted by Crippen LogP contribution is -2.32. The van der Waals surface area contributed by atoms with E-state index in [2.05, 4.69) is 5.32 Å². The number of hydrogen-bond acceptors (Lipinski definition) is 2. The number of halogens is 2. The van der Waals surface area contributed by atoms with Crippen LogP contribution in [0.4, 0.5) is 13.6 Å². The van der Waals surface area contributed by atoms with Gasteiger partial charge in [-0.1, -0.05) is 5.46 Å². The molecular formula is C12H14BF2NO2. The van der Waals surface area contributed by atoms with Crippen molar-refractivity contribution in [2.75, 3.05) is 0 Å². The summed E-state index contributed by atoms with van der Waals surface area (Å²) in [6.45, 7) is 4.91. The zero-order valence-corrected chi connectivity index (χ0v) is 10.5. The number of benzene rings is 1. The fourth-order valence-electron chi connectivity index (χ4n) is 1.28. The molecule has 0 spiro atoms. The van der Waals surface area contributed by atoms with Crippen LogP contribution in [0.2, 0.25) is 0 Å². The largest absolute Gasteiger partial charge is 0.444 e. The smallest absolute Gasteiger partial charge is 0.407 e. The van der Waals surface area contributed by atoms with E-state index in [-0.39, 0.29) is 17.6 Å². The van der Waals surface area contributed by atoms with Gasteiger partial charge < -0.3 is 10.1 Å². The van der Waals surface area contributed by atoms with Gasteiger partial charge in [-0.05, 0) is 32.9 Å². The number of ether oxygens (including phenoxy) is 1. The Balaban J connectivity index is 2.67. The zero-order chi connectivity index (χ0) is 13.9. The maximum absolute atomic E-state index is 13.5. The molecular weight excluding hydrogens is 239 g/mol. The predicted octanol–water partition coefficient (Wildman–Crippen LogP) is 1.78. The van der Waals surface area contributed by atoms with Crippen molar-refractivity contribution < 1.29 is 18.3 Å². The predicted molar refractivity (Wildman–Crippen MR) is 64.8 cm³/mol. The highest BCUT2D eigenvalue weighted by molar-refractivity contribution is 6.32. The second-order valence-corrected chi connectivity index (χ2v) is 4.82. The molecule has 0 atom stereocenters. The van der Waals surface area contributed by atoms with Crippen LogP contribution in [0.15, 0.2) is 12.1 Å². The summed E-state index contributed by atoms with van der Waals surface area (Å²) in [4.78, 5) is 11.3. The van der Waals surface area contributed by atoms with Crippen LogP contribution in [-0.4, -0.2) is 19.5 Å². The fourth-order valence-corrected chi connectivity index (χ4v) is 1.28. The number of amides is 1. The SMILES string of the molecule is [B]c1cc(F)cc(CNC(=O)OC(C)(C)C)c1F. The monoisotopic (exact) mass is 253 g/mol. The molecule has 0 bridgehead atoms. The Morgan fingerprint density at radius 2 is 2.00 bits per heavy atom. The summed E-state index contributed by atoms with van der Waals surface area (Å²) in [5.74, 6) is -1.40. The number of rotatable bonds is 2. The summed E-state index contributed by atoms with van der Waals surface area (Å²) >= 11 is 0. The average molecular weight is 253 g/mol. The normalized spacial score (nSPS) is 11.2. The minimum Gasteiger partial charge on any atom is -0.444 e. The Hall–Kier alpha value is -1.59. The van der Waals surface area contributed by atoms with E-state index >= 15 is 0 Å². The highest BCUT2D eigenvalue weighted by Gasteiger charge is 2.16. The molecule has 1 aromatic carbocycles. The molecule has 2 radical (unpaired) electrons. The van der Waals surface area contributed by atoms with Gasteiger partial charge in [0, 0.05) is 12.1 Å². The highest BCUT2D eigenvalue weighted by atomic mass is 19.1. The third-order valence-electron chi connectivity index (χ3n) is 1.96. The van der Waals surface area contributed by atoms with Gasteiger partial charge >= 0.3 is 6.09 Å². The summed E-state index contributed by atoms with van der Waals surface area (Å²) < 4.78 is 31.5. The number of carbonyl (C=O) groups is 1. The molecule has 0 heterocycles. The van der Waals surface area contributed by atoms with Crippen LogP contribution in [0, 0.1) is 11.6 Å². The molecule has 1 rings (SSSR count). The van der Waals surface area contributed by atoms with Crippen LogP contribution in [-0.2, 0) is 11.3 Å². The van der Waals surface area contributed by atoms with Gasteiger partial charge in [0.25, 0.3) is 0 Å². The second kappa shape index (κ2) is 5.37. The molecule has 0 fully saturated rings. The van der Waals surface area contributed by atoms with Crippen molar-refractivity contribution in [1.82, 2.24) is 5.32 Å². The van der Waals surface area contributed by atoms with E-state index in [1.165, 1.54) is 0 Å². The van der Waals surface area contributed by atoms with E-state index in [0.29, 0.717) is 0 Å². The van der Waals surface area contributed by atoms with Crippen molar-refractivity contribution in [3.05, 3.63) is 29.3 Å². The molecule has 0 aliphatic heterocycles. The summed E-state index contributed by atoms with van der Waals surface area (Å²) in [7, 11) is 5.27. The van der Waals surface area contributed by atoms with Crippen LogP contribution in [0.5, 0.6) is 0 Å². The lowest BCUT2D eigenvalue weighted by molar-refractivity contribution is 0.0523. The minimum absolute atomic E-state index is 0.0293. The Kier molecular flexibility index (Phi) is 4.32. The molecule has 1 N–H and O–H groups in total. The van der Waals surface area contributed by atoms with Crippen molar-refractivity contribution in [3.63, 3.8) is 0 Å². The van der Waals surface area contributed by atoms with Crippen LogP contribution in [0.25, 0.3) is 0 Å². The van der Waals surface area contributed by atoms with E-state index in [0.717, 1.165) is 12.1 Å². The van der Waals surface area contributed by atoms with E-state index in [9.17, 15) is 13.6 Å². The molecule has 1 amide bonds. The molecule has 0 saturated carbocycles. The van der Waals surface area contributed by atoms with Gasteiger partial charge in [0.05, 0.1) is 0 Å². The molecule has 1 aromatic rings. The summed E-state index contributed by atoms with van der Waals surface area (Å²) in [5, 5.41) is 2.33. The van der Waals surface area contributed by atoms with E-state index < -0.39 is 23.3 Å². The molecule has 0 aliphatic carbocycles. The van der Waals surface area contributed by atoms with Crippen molar-refractivity contribution >= 4 is 19.4 Å². The standard InChI is InChI=1S/C12H14BF2NO2/c1-12(2,3)18-11(17)16-6-7-4-8(14)5-9(13)10(7)15/h4-5H,6H2,1-3H3,(H,16,17). The van der Waals surface area contributed by atoms with E-state index in [4.69, 9.17) is 12.6 Å². The summed E-state index contributed by atoms with van der Waals surface area (Å²) in [6.07, 6.45) is -0.704. The molecule has 96 valence electrons. The number of hydrogen-bond donors (Lipinski definition) is 1. The van der Waals surface area contributed by atoms with Gasteiger partial charge in [-0.3, -0.25) is 0 Å². The van der Waals surface area contributed by atoms with Crippen molar-refractivity contribution in [2.45, 2.75) is 32.9 Å². The second-order valence-electron chi connectivity index (χ2n) is 4.82. The number of nitrogens with one attached hydrogen (secondary N) is 1. The topological polar surface area (TPSA) is 38.3 Å². The van der Waals surface area contributed by atoms with Crippen molar-refractivity contribution in [1.29, 1.82) is 0 Å². The van der Waals surface area contributed by atoms with E-state index in [1.54, 1.807) is 20.8 Å². The maximum atomic E-state index is 13.5. The molecule has 0 aliphatic rings. The van der Waals surface area contributed by atoms with E-state index in [1.807, 2.05) is 0 Å². The Morgan fingerprint density at radius 1 is 1.39 bits per heavy atom. The Morgan fingerprint density at radius 3 is 2.56 bits per heavy atom. The average Bonchev–Trinajstić information content (AvgIpc) is 2.18. The van der Waals surface area contributed by atoms with Crippen LogP contribution >= 0.6 is 0 Å². The van der Waals surface area contributed by atoms with Gasteiger partial charge in [0.15, 0.2) is 0 Å². The number of alkyl carbamates (subject to hydrolysis) is 1. The quantitative estimate of drug-likeness (QED) is 0.816. The zero-order valence-electron chi connectivity index (χ0n) is 10.5. The lowest BCUT2D eigenvalue weighted by Gasteiger charge is -2.19. The maximum Gasteiger partial charge on any atom is 0.407 e. The van der Waals surface area contributed by atoms with Gasteiger partial charge in [0.2, 0.25) is 0 Å². The molecule has 0 unspecified atom stereocenters. The molecule has 0 saturated heterocycles. The van der Waals surface area contributed by atoms with Crippen LogP contribution < -0.4 is 10.8 Å². The highest BCUT2D eigenvalue weighted by Crippen LogP contribution is 2.09. The minimum atomic E-state index is -0.743. The molecule has 3 nitrogen and oxygen atoms in total. The fraction of sp³-hybridized carbons (Fsp3) is 0.417. The Bertz CT molecular complexity index is 458. The Labute approximate surface area is 106 Å². The first-order chi connectivity index (χ1) is 8.19. The summed E-state index contributed by atoms with van der Waals surface area (Å²) in [6, 6.07) is 1.86. The molecule has 0 aromatic heterocycles. The van der Waals surface area contributed by atoms with Crippen molar-refractivity contribution in [3.8, 4) is 0 Å². The molecule has 18 heavy (non-hydrogen) atoms. The third kappa shape index (κ3) is 4.35. The number of carbonyl (C=O) groups excluding carboxylic acids is 1. The first-order valence-electron chi connectivity index (χ1n) is 5.39. The van der Waals surface area contributed by atoms with Gasteiger partial charge in [0.1, 0.15) is 25.1 Å². The third-order valence-corrected chi connectivity index (χ3v) is 1.96. The molecule has 6 heteroatoms. The summed E-state index contributed by atoms with van der Waals surface area (Å²) in [5.41, 5.74) is -0.974. The first kappa shape index (κ1) is 14.5. The first-order valence-corrected chi connectivity index (χ1v) is 5.39. The van der Waals surface area contributed by atoms with Gasteiger partial charge in [-0.25, -0.2) is 13.6 Å². The van der Waals surface area contributed by atoms with Gasteiger partial charge in [-0.2, -0.15) is 0 Å².